The van der Waals surface area contributed by atoms with Crippen LogP contribution in [0.3, 0.4) is 0 Å². The van der Waals surface area contributed by atoms with Crippen molar-refractivity contribution in [2.45, 2.75) is 47.0 Å². The average Bonchev–Trinajstić information content (AvgIpc) is 2.42. The molecule has 0 aliphatic heterocycles. The van der Waals surface area contributed by atoms with Crippen LogP contribution in [0.4, 0.5) is 5.69 Å². The van der Waals surface area contributed by atoms with Gasteiger partial charge in [0, 0.05) is 32.1 Å². The molecule has 1 rings (SSSR count). The van der Waals surface area contributed by atoms with Gasteiger partial charge in [-0.15, -0.1) is 0 Å². The topological polar surface area (TPSA) is 49.4 Å². The van der Waals surface area contributed by atoms with Crippen molar-refractivity contribution in [1.82, 2.24) is 5.32 Å². The molecule has 2 amide bonds. The maximum atomic E-state index is 12.0. The van der Waals surface area contributed by atoms with Crippen molar-refractivity contribution in [2.24, 2.45) is 5.92 Å². The normalized spacial score (nSPS) is 10.9. The van der Waals surface area contributed by atoms with Crippen molar-refractivity contribution in [1.29, 1.82) is 0 Å². The van der Waals surface area contributed by atoms with Gasteiger partial charge < -0.3 is 10.2 Å². The van der Waals surface area contributed by atoms with Gasteiger partial charge >= 0.3 is 0 Å². The molecule has 4 heteroatoms. The van der Waals surface area contributed by atoms with Gasteiger partial charge in [0.15, 0.2) is 0 Å². The number of nitrogens with zero attached hydrogens (tertiary/aromatic N) is 1. The van der Waals surface area contributed by atoms with Crippen molar-refractivity contribution in [3.05, 3.63) is 29.8 Å². The van der Waals surface area contributed by atoms with Gasteiger partial charge in [-0.1, -0.05) is 45.9 Å². The lowest BCUT2D eigenvalue weighted by Gasteiger charge is -2.25. The second kappa shape index (κ2) is 8.57. The van der Waals surface area contributed by atoms with Crippen molar-refractivity contribution < 1.29 is 9.59 Å². The molecule has 0 bridgehead atoms. The van der Waals surface area contributed by atoms with E-state index in [4.69, 9.17) is 0 Å². The van der Waals surface area contributed by atoms with E-state index in [0.29, 0.717) is 31.3 Å². The van der Waals surface area contributed by atoms with Crippen LogP contribution in [0.2, 0.25) is 0 Å². The molecule has 22 heavy (non-hydrogen) atoms. The van der Waals surface area contributed by atoms with Crippen LogP contribution in [0.5, 0.6) is 0 Å². The Morgan fingerprint density at radius 3 is 2.32 bits per heavy atom. The van der Waals surface area contributed by atoms with E-state index in [1.54, 1.807) is 11.8 Å². The van der Waals surface area contributed by atoms with E-state index in [9.17, 15) is 9.59 Å². The van der Waals surface area contributed by atoms with Crippen LogP contribution in [0.15, 0.2) is 24.3 Å². The number of para-hydroxylation sites is 1. The lowest BCUT2D eigenvalue weighted by Crippen LogP contribution is -2.38. The van der Waals surface area contributed by atoms with E-state index < -0.39 is 0 Å². The number of benzene rings is 1. The maximum absolute atomic E-state index is 12.0. The third-order valence-corrected chi connectivity index (χ3v) is 3.48. The third kappa shape index (κ3) is 5.51. The number of carbonyl (C=O) groups is 2. The van der Waals surface area contributed by atoms with Crippen molar-refractivity contribution in [3.8, 4) is 0 Å². The van der Waals surface area contributed by atoms with Gasteiger partial charge in [-0.25, -0.2) is 0 Å². The summed E-state index contributed by atoms with van der Waals surface area (Å²) in [6.07, 6.45) is 0.517. The molecular formula is C18H28N2O2. The molecule has 1 aromatic carbocycles. The molecule has 0 saturated carbocycles. The minimum Gasteiger partial charge on any atom is -0.354 e. The number of amides is 2. The Labute approximate surface area is 133 Å². The zero-order valence-electron chi connectivity index (χ0n) is 14.3. The molecule has 1 aromatic rings. The summed E-state index contributed by atoms with van der Waals surface area (Å²) in [6.45, 7) is 10.8. The highest BCUT2D eigenvalue weighted by Gasteiger charge is 2.16. The minimum atomic E-state index is -0.00814. The van der Waals surface area contributed by atoms with Crippen LogP contribution >= 0.6 is 0 Å². The fraction of sp³-hybridized carbons (Fsp3) is 0.556. The number of anilines is 1. The predicted octanol–water partition coefficient (Wildman–Crippen LogP) is 3.33. The number of rotatable bonds is 7. The summed E-state index contributed by atoms with van der Waals surface area (Å²) < 4.78 is 0. The monoisotopic (exact) mass is 304 g/mol. The van der Waals surface area contributed by atoms with Gasteiger partial charge in [-0.05, 0) is 23.5 Å². The highest BCUT2D eigenvalue weighted by Crippen LogP contribution is 2.27. The van der Waals surface area contributed by atoms with Crippen LogP contribution < -0.4 is 10.2 Å². The second-order valence-corrected chi connectivity index (χ2v) is 6.33. The highest BCUT2D eigenvalue weighted by atomic mass is 16.2. The Hall–Kier alpha value is -1.84. The van der Waals surface area contributed by atoms with Gasteiger partial charge in [0.25, 0.3) is 0 Å². The first-order valence-electron chi connectivity index (χ1n) is 7.96. The zero-order valence-corrected chi connectivity index (χ0v) is 14.3. The standard InChI is InChI=1S/C18H28N2O2/c1-13(2)12-18(22)19-10-11-20(15(5)21)17-9-7-6-8-16(17)14(3)4/h6-9,13-14H,10-12H2,1-5H3,(H,19,22). The molecule has 122 valence electrons. The lowest BCUT2D eigenvalue weighted by molar-refractivity contribution is -0.122. The maximum Gasteiger partial charge on any atom is 0.223 e. The van der Waals surface area contributed by atoms with Gasteiger partial charge in [-0.3, -0.25) is 9.59 Å². The van der Waals surface area contributed by atoms with E-state index in [2.05, 4.69) is 19.2 Å². The van der Waals surface area contributed by atoms with E-state index in [-0.39, 0.29) is 11.8 Å². The number of nitrogens with one attached hydrogen (secondary N) is 1. The first-order valence-corrected chi connectivity index (χ1v) is 7.96. The van der Waals surface area contributed by atoms with Gasteiger partial charge in [0.1, 0.15) is 0 Å². The van der Waals surface area contributed by atoms with Crippen LogP contribution in [-0.2, 0) is 9.59 Å². The van der Waals surface area contributed by atoms with E-state index in [1.807, 2.05) is 38.1 Å². The van der Waals surface area contributed by atoms with Gasteiger partial charge in [-0.2, -0.15) is 0 Å². The Kier molecular flexibility index (Phi) is 7.09. The van der Waals surface area contributed by atoms with Crippen molar-refractivity contribution in [3.63, 3.8) is 0 Å². The highest BCUT2D eigenvalue weighted by molar-refractivity contribution is 5.92. The molecule has 0 heterocycles. The second-order valence-electron chi connectivity index (χ2n) is 6.33. The van der Waals surface area contributed by atoms with E-state index >= 15 is 0 Å². The molecule has 0 atom stereocenters. The molecule has 1 N–H and O–H groups in total. The Morgan fingerprint density at radius 2 is 1.77 bits per heavy atom. The Bertz CT molecular complexity index is 510. The molecule has 0 spiro atoms. The smallest absolute Gasteiger partial charge is 0.223 e. The number of carbonyl (C=O) groups excluding carboxylic acids is 2. The van der Waals surface area contributed by atoms with Gasteiger partial charge in [0.05, 0.1) is 0 Å². The van der Waals surface area contributed by atoms with Crippen LogP contribution in [-0.4, -0.2) is 24.9 Å². The summed E-state index contributed by atoms with van der Waals surface area (Å²) in [7, 11) is 0. The third-order valence-electron chi connectivity index (χ3n) is 3.48. The molecule has 0 aliphatic carbocycles. The average molecular weight is 304 g/mol. The zero-order chi connectivity index (χ0) is 16.7. The quantitative estimate of drug-likeness (QED) is 0.840. The summed E-state index contributed by atoms with van der Waals surface area (Å²) >= 11 is 0. The van der Waals surface area contributed by atoms with Crippen molar-refractivity contribution in [2.75, 3.05) is 18.0 Å². The van der Waals surface area contributed by atoms with Crippen LogP contribution in [0.1, 0.15) is 52.5 Å². The summed E-state index contributed by atoms with van der Waals surface area (Å²) in [4.78, 5) is 25.4. The number of hydrogen-bond acceptors (Lipinski definition) is 2. The molecule has 0 fully saturated rings. The molecular weight excluding hydrogens is 276 g/mol. The van der Waals surface area contributed by atoms with Gasteiger partial charge in [0.2, 0.25) is 11.8 Å². The first kappa shape index (κ1) is 18.2. The fourth-order valence-electron chi connectivity index (χ4n) is 2.42. The summed E-state index contributed by atoms with van der Waals surface area (Å²) in [5.41, 5.74) is 2.08. The Balaban J connectivity index is 2.75. The predicted molar refractivity (Wildman–Crippen MR) is 91.0 cm³/mol. The summed E-state index contributed by atoms with van der Waals surface area (Å²) in [5, 5.41) is 2.88. The molecule has 0 saturated heterocycles. The van der Waals surface area contributed by atoms with Crippen LogP contribution in [0, 0.1) is 5.92 Å². The lowest BCUT2D eigenvalue weighted by atomic mass is 10.0. The molecule has 0 aromatic heterocycles. The molecule has 0 aliphatic rings. The van der Waals surface area contributed by atoms with E-state index in [1.165, 1.54) is 0 Å². The summed E-state index contributed by atoms with van der Waals surface area (Å²) in [6, 6.07) is 7.94. The van der Waals surface area contributed by atoms with E-state index in [0.717, 1.165) is 11.3 Å². The number of hydrogen-bond donors (Lipinski definition) is 1. The minimum absolute atomic E-state index is 0.00814. The Morgan fingerprint density at radius 1 is 1.14 bits per heavy atom. The molecule has 4 nitrogen and oxygen atoms in total. The fourth-order valence-corrected chi connectivity index (χ4v) is 2.42. The molecule has 0 unspecified atom stereocenters. The summed E-state index contributed by atoms with van der Waals surface area (Å²) in [5.74, 6) is 0.709. The SMILES string of the molecule is CC(=O)N(CCNC(=O)CC(C)C)c1ccccc1C(C)C. The van der Waals surface area contributed by atoms with Crippen molar-refractivity contribution >= 4 is 17.5 Å². The first-order chi connectivity index (χ1) is 10.3. The molecule has 0 radical (unpaired) electrons. The van der Waals surface area contributed by atoms with Crippen LogP contribution in [0.25, 0.3) is 0 Å². The largest absolute Gasteiger partial charge is 0.354 e.